The fourth-order valence-corrected chi connectivity index (χ4v) is 5.39. The van der Waals surface area contributed by atoms with Gasteiger partial charge in [0.25, 0.3) is 0 Å². The van der Waals surface area contributed by atoms with Crippen LogP contribution in [0.3, 0.4) is 0 Å². The fourth-order valence-electron chi connectivity index (χ4n) is 5.16. The number of nitrogens with zero attached hydrogens (tertiary/aromatic N) is 3. The molecule has 166 valence electrons. The monoisotopic (exact) mass is 430 g/mol. The zero-order valence-corrected chi connectivity index (χ0v) is 17.8. The topological polar surface area (TPSA) is 121 Å². The molecule has 4 heterocycles. The highest BCUT2D eigenvalue weighted by molar-refractivity contribution is 6.21. The Morgan fingerprint density at radius 3 is 2.93 bits per heavy atom. The maximum absolute atomic E-state index is 13.2. The van der Waals surface area contributed by atoms with Crippen molar-refractivity contribution in [3.63, 3.8) is 0 Å². The van der Waals surface area contributed by atoms with Crippen molar-refractivity contribution in [3.05, 3.63) is 0 Å². The van der Waals surface area contributed by atoms with Gasteiger partial charge in [-0.15, -0.1) is 11.6 Å². The molecule has 11 heteroatoms. The van der Waals surface area contributed by atoms with Crippen LogP contribution >= 0.6 is 11.6 Å². The van der Waals surface area contributed by atoms with E-state index >= 15 is 0 Å². The first-order chi connectivity index (χ1) is 14.0. The average molecular weight is 431 g/mol. The molecular formula is C18H35ClN8O2. The van der Waals surface area contributed by atoms with Gasteiger partial charge in [0.1, 0.15) is 0 Å². The Morgan fingerprint density at radius 2 is 2.14 bits per heavy atom. The number of nitrogens with one attached hydrogen (secondary N) is 4. The van der Waals surface area contributed by atoms with Crippen LogP contribution in [0.25, 0.3) is 0 Å². The zero-order valence-electron chi connectivity index (χ0n) is 17.1. The van der Waals surface area contributed by atoms with Crippen molar-refractivity contribution in [1.82, 2.24) is 36.2 Å². The van der Waals surface area contributed by atoms with Crippen molar-refractivity contribution >= 4 is 17.5 Å². The van der Waals surface area contributed by atoms with Gasteiger partial charge in [-0.2, -0.15) is 0 Å². The molecule has 7 unspecified atom stereocenters. The molecule has 0 spiro atoms. The predicted molar refractivity (Wildman–Crippen MR) is 111 cm³/mol. The Labute approximate surface area is 177 Å². The summed E-state index contributed by atoms with van der Waals surface area (Å²) in [6, 6.07) is 0.423. The summed E-state index contributed by atoms with van der Waals surface area (Å²) < 4.78 is 0. The molecule has 0 saturated carbocycles. The highest BCUT2D eigenvalue weighted by Crippen LogP contribution is 2.24. The van der Waals surface area contributed by atoms with Gasteiger partial charge in [0.2, 0.25) is 5.91 Å². The smallest absolute Gasteiger partial charge is 0.229 e. The number of hydrogen-bond acceptors (Lipinski definition) is 9. The van der Waals surface area contributed by atoms with Crippen molar-refractivity contribution in [3.8, 4) is 0 Å². The van der Waals surface area contributed by atoms with Crippen LogP contribution in [0.15, 0.2) is 0 Å². The number of amides is 1. The second-order valence-corrected chi connectivity index (χ2v) is 9.39. The van der Waals surface area contributed by atoms with Crippen LogP contribution in [-0.4, -0.2) is 121 Å². The lowest BCUT2D eigenvalue weighted by molar-refractivity contribution is -0.128. The summed E-state index contributed by atoms with van der Waals surface area (Å²) in [5.41, 5.74) is 9.45. The molecule has 29 heavy (non-hydrogen) atoms. The van der Waals surface area contributed by atoms with Gasteiger partial charge in [-0.3, -0.25) is 19.9 Å². The molecule has 0 radical (unpaired) electrons. The second-order valence-electron chi connectivity index (χ2n) is 8.77. The summed E-state index contributed by atoms with van der Waals surface area (Å²) in [6.07, 6.45) is 0.396. The van der Waals surface area contributed by atoms with E-state index in [0.717, 1.165) is 39.1 Å². The number of piperidine rings is 1. The maximum Gasteiger partial charge on any atom is 0.229 e. The third kappa shape index (κ3) is 4.56. The van der Waals surface area contributed by atoms with Crippen LogP contribution in [0.4, 0.5) is 0 Å². The Kier molecular flexibility index (Phi) is 6.94. The number of nitrogens with two attached hydrogens (primary N) is 1. The van der Waals surface area contributed by atoms with E-state index in [4.69, 9.17) is 17.3 Å². The normalized spacial score (nSPS) is 42.6. The van der Waals surface area contributed by atoms with Gasteiger partial charge in [-0.25, -0.2) is 10.4 Å². The number of aliphatic hydroxyl groups excluding tert-OH is 1. The summed E-state index contributed by atoms with van der Waals surface area (Å²) in [6.45, 7) is 5.86. The first-order valence-electron chi connectivity index (χ1n) is 10.7. The van der Waals surface area contributed by atoms with Gasteiger partial charge >= 0.3 is 0 Å². The molecule has 0 aliphatic carbocycles. The average Bonchev–Trinajstić information content (AvgIpc) is 3.03. The number of hydrazine groups is 1. The summed E-state index contributed by atoms with van der Waals surface area (Å²) >= 11 is 6.23. The van der Waals surface area contributed by atoms with Crippen LogP contribution in [-0.2, 0) is 4.79 Å². The number of halogens is 1. The Balaban J connectivity index is 1.41. The molecular weight excluding hydrogens is 396 g/mol. The Morgan fingerprint density at radius 1 is 1.31 bits per heavy atom. The molecule has 0 aromatic rings. The van der Waals surface area contributed by atoms with Gasteiger partial charge < -0.3 is 21.5 Å². The first kappa shape index (κ1) is 21.7. The maximum atomic E-state index is 13.2. The number of fused-ring (bicyclic) bond motifs is 1. The lowest BCUT2D eigenvalue weighted by atomic mass is 9.95. The summed E-state index contributed by atoms with van der Waals surface area (Å²) in [5, 5.41) is 21.7. The van der Waals surface area contributed by atoms with E-state index in [1.165, 1.54) is 0 Å². The Bertz CT molecular complexity index is 586. The molecule has 4 rings (SSSR count). The molecule has 1 amide bonds. The van der Waals surface area contributed by atoms with Gasteiger partial charge in [-0.1, -0.05) is 0 Å². The van der Waals surface area contributed by atoms with E-state index < -0.39 is 6.17 Å². The molecule has 4 aliphatic heterocycles. The van der Waals surface area contributed by atoms with Crippen LogP contribution in [0.1, 0.15) is 6.42 Å². The molecule has 0 aromatic heterocycles. The molecule has 4 aliphatic rings. The summed E-state index contributed by atoms with van der Waals surface area (Å²) in [7, 11) is 2.06. The van der Waals surface area contributed by atoms with Crippen LogP contribution in [0, 0.1) is 5.92 Å². The van der Waals surface area contributed by atoms with Gasteiger partial charge in [0.15, 0.2) is 0 Å². The van der Waals surface area contributed by atoms with E-state index in [1.807, 2.05) is 5.01 Å². The molecule has 0 bridgehead atoms. The predicted octanol–water partition coefficient (Wildman–Crippen LogP) is -3.30. The van der Waals surface area contributed by atoms with Crippen LogP contribution in [0.5, 0.6) is 0 Å². The van der Waals surface area contributed by atoms with Gasteiger partial charge in [0.05, 0.1) is 36.3 Å². The molecule has 7 N–H and O–H groups in total. The van der Waals surface area contributed by atoms with Crippen molar-refractivity contribution in [2.24, 2.45) is 11.7 Å². The lowest BCUT2D eigenvalue weighted by Gasteiger charge is -2.46. The standard InChI is InChI=1S/C18H35ClN8O2/c1-25-4-5-26(9-12(25)10-28)14-2-3-21-7-13(14)23-18(29)15-16(20)24-27-8-11(19)6-22-17(15)27/h11-17,21-22,24,28H,2-10,20H2,1H3,(H,23,29). The van der Waals surface area contributed by atoms with Crippen molar-refractivity contribution in [2.75, 3.05) is 59.5 Å². The molecule has 10 nitrogen and oxygen atoms in total. The molecule has 4 fully saturated rings. The van der Waals surface area contributed by atoms with Gasteiger partial charge in [0, 0.05) is 51.4 Å². The largest absolute Gasteiger partial charge is 0.395 e. The minimum Gasteiger partial charge on any atom is -0.395 e. The first-order valence-corrected chi connectivity index (χ1v) is 11.1. The third-order valence-corrected chi connectivity index (χ3v) is 7.18. The van der Waals surface area contributed by atoms with E-state index in [1.54, 1.807) is 0 Å². The third-order valence-electron chi connectivity index (χ3n) is 6.89. The SMILES string of the molecule is CN1CCN(C2CCNCC2NC(=O)C2C(N)NN3CC(Cl)CNC23)CC1CO. The van der Waals surface area contributed by atoms with Crippen molar-refractivity contribution in [2.45, 2.75) is 42.3 Å². The summed E-state index contributed by atoms with van der Waals surface area (Å²) in [4.78, 5) is 17.9. The lowest BCUT2D eigenvalue weighted by Crippen LogP contribution is -2.66. The number of rotatable bonds is 4. The van der Waals surface area contributed by atoms with E-state index in [2.05, 4.69) is 38.2 Å². The number of likely N-dealkylation sites (N-methyl/N-ethyl adjacent to an activating group) is 1. The fraction of sp³-hybridized carbons (Fsp3) is 0.944. The quantitative estimate of drug-likeness (QED) is 0.255. The summed E-state index contributed by atoms with van der Waals surface area (Å²) in [5.74, 6) is -0.399. The molecule has 7 atom stereocenters. The van der Waals surface area contributed by atoms with Gasteiger partial charge in [-0.05, 0) is 20.0 Å². The van der Waals surface area contributed by atoms with Crippen LogP contribution < -0.4 is 27.1 Å². The van der Waals surface area contributed by atoms with Crippen LogP contribution in [0.2, 0.25) is 0 Å². The zero-order chi connectivity index (χ0) is 20.5. The van der Waals surface area contributed by atoms with Crippen molar-refractivity contribution < 1.29 is 9.90 Å². The second kappa shape index (κ2) is 9.29. The van der Waals surface area contributed by atoms with Crippen molar-refractivity contribution in [1.29, 1.82) is 0 Å². The molecule has 0 aromatic carbocycles. The minimum absolute atomic E-state index is 0.00334. The number of alkyl halides is 1. The molecule has 4 saturated heterocycles. The number of carbonyl (C=O) groups is 1. The number of carbonyl (C=O) groups excluding carboxylic acids is 1. The van der Waals surface area contributed by atoms with E-state index in [9.17, 15) is 9.90 Å². The number of piperazine rings is 1. The minimum atomic E-state index is -0.438. The highest BCUT2D eigenvalue weighted by atomic mass is 35.5. The Hall–Kier alpha value is -0.560. The van der Waals surface area contributed by atoms with E-state index in [-0.39, 0.29) is 48.1 Å². The highest BCUT2D eigenvalue weighted by Gasteiger charge is 2.47. The number of hydrogen-bond donors (Lipinski definition) is 6. The number of aliphatic hydroxyl groups is 1. The van der Waals surface area contributed by atoms with E-state index in [0.29, 0.717) is 13.1 Å².